The number of thiazole rings is 1. The van der Waals surface area contributed by atoms with Crippen molar-refractivity contribution in [1.82, 2.24) is 4.98 Å². The molecule has 1 heterocycles. The van der Waals surface area contributed by atoms with Gasteiger partial charge in [0, 0.05) is 10.7 Å². The molecule has 0 spiro atoms. The Kier molecular flexibility index (Phi) is 5.27. The van der Waals surface area contributed by atoms with E-state index in [1.54, 1.807) is 12.1 Å². The third-order valence-corrected chi connectivity index (χ3v) is 5.46. The first-order chi connectivity index (χ1) is 12.3. The number of hydrogen-bond donors (Lipinski definition) is 2. The molecule has 8 heteroatoms. The lowest BCUT2D eigenvalue weighted by Gasteiger charge is -2.14. The molecule has 0 radical (unpaired) electrons. The van der Waals surface area contributed by atoms with E-state index in [2.05, 4.69) is 10.3 Å². The summed E-state index contributed by atoms with van der Waals surface area (Å²) in [5.74, 6) is 0.170. The molecule has 0 aliphatic carbocycles. The minimum Gasteiger partial charge on any atom is -0.482 e. The van der Waals surface area contributed by atoms with E-state index in [1.807, 2.05) is 26.8 Å². The van der Waals surface area contributed by atoms with E-state index in [1.165, 1.54) is 11.3 Å². The Labute approximate surface area is 165 Å². The summed E-state index contributed by atoms with van der Waals surface area (Å²) in [5, 5.41) is 4.30. The van der Waals surface area contributed by atoms with Gasteiger partial charge in [0.25, 0.3) is 5.91 Å². The number of carbonyl (C=O) groups excluding carboxylic acids is 1. The number of amides is 1. The van der Waals surface area contributed by atoms with Crippen molar-refractivity contribution in [2.24, 2.45) is 0 Å². The Morgan fingerprint density at radius 2 is 1.96 bits per heavy atom. The van der Waals surface area contributed by atoms with Gasteiger partial charge in [0.2, 0.25) is 0 Å². The number of nitrogens with two attached hydrogens (primary N) is 1. The smallest absolute Gasteiger partial charge is 0.262 e. The maximum atomic E-state index is 12.4. The summed E-state index contributed by atoms with van der Waals surface area (Å²) in [6.45, 7) is 5.51. The summed E-state index contributed by atoms with van der Waals surface area (Å²) in [6, 6.07) is 5.22. The van der Waals surface area contributed by atoms with Gasteiger partial charge in [-0.2, -0.15) is 0 Å². The van der Waals surface area contributed by atoms with Crippen molar-refractivity contribution in [2.75, 3.05) is 17.7 Å². The summed E-state index contributed by atoms with van der Waals surface area (Å²) in [7, 11) is 0. The molecule has 1 amide bonds. The molecule has 2 aromatic carbocycles. The fraction of sp³-hybridized carbons (Fsp3) is 0.222. The Bertz CT molecular complexity index is 994. The van der Waals surface area contributed by atoms with Crippen LogP contribution in [-0.4, -0.2) is 17.5 Å². The maximum Gasteiger partial charge on any atom is 0.262 e. The molecule has 26 heavy (non-hydrogen) atoms. The third-order valence-electron chi connectivity index (χ3n) is 3.94. The number of aryl methyl sites for hydroxylation is 3. The summed E-state index contributed by atoms with van der Waals surface area (Å²) in [6.07, 6.45) is 0. The van der Waals surface area contributed by atoms with E-state index in [0.29, 0.717) is 20.9 Å². The number of nitrogen functional groups attached to an aromatic ring is 1. The van der Waals surface area contributed by atoms with Crippen molar-refractivity contribution in [3.8, 4) is 5.75 Å². The molecule has 0 fully saturated rings. The minimum absolute atomic E-state index is 0.163. The molecule has 0 saturated heterocycles. The van der Waals surface area contributed by atoms with Gasteiger partial charge in [0.15, 0.2) is 11.7 Å². The highest BCUT2D eigenvalue weighted by Crippen LogP contribution is 2.34. The lowest BCUT2D eigenvalue weighted by molar-refractivity contribution is -0.118. The highest BCUT2D eigenvalue weighted by Gasteiger charge is 2.15. The predicted octanol–water partition coefficient (Wildman–Crippen LogP) is 5.13. The average molecular weight is 410 g/mol. The SMILES string of the molecule is Cc1cc2nc(N)sc2c(C)c1NC(=O)COc1c(C)cc(Cl)cc1Cl. The number of aromatic nitrogens is 1. The molecular formula is C18H17Cl2N3O2S. The van der Waals surface area contributed by atoms with E-state index in [0.717, 1.165) is 32.6 Å². The standard InChI is InChI=1S/C18H17Cl2N3O2S/c1-8-5-13-17(26-18(21)22-13)10(3)15(8)23-14(24)7-25-16-9(2)4-11(19)6-12(16)20/h4-6H,7H2,1-3H3,(H2,21,22)(H,23,24). The van der Waals surface area contributed by atoms with Crippen molar-refractivity contribution >= 4 is 61.5 Å². The topological polar surface area (TPSA) is 77.2 Å². The molecule has 0 unspecified atom stereocenters. The van der Waals surface area contributed by atoms with Crippen LogP contribution in [0.1, 0.15) is 16.7 Å². The first kappa shape index (κ1) is 18.8. The highest BCUT2D eigenvalue weighted by atomic mass is 35.5. The molecule has 0 bridgehead atoms. The van der Waals surface area contributed by atoms with Gasteiger partial charge in [-0.3, -0.25) is 4.79 Å². The van der Waals surface area contributed by atoms with Crippen molar-refractivity contribution in [1.29, 1.82) is 0 Å². The van der Waals surface area contributed by atoms with Gasteiger partial charge in [-0.25, -0.2) is 4.98 Å². The quantitative estimate of drug-likeness (QED) is 0.625. The lowest BCUT2D eigenvalue weighted by atomic mass is 10.1. The molecule has 0 aliphatic heterocycles. The van der Waals surface area contributed by atoms with Gasteiger partial charge in [0.1, 0.15) is 5.75 Å². The zero-order chi connectivity index (χ0) is 19.0. The first-order valence-corrected chi connectivity index (χ1v) is 9.38. The van der Waals surface area contributed by atoms with Crippen LogP contribution in [-0.2, 0) is 4.79 Å². The van der Waals surface area contributed by atoms with E-state index >= 15 is 0 Å². The van der Waals surface area contributed by atoms with Crippen LogP contribution in [0.2, 0.25) is 10.0 Å². The number of anilines is 2. The molecule has 0 aliphatic rings. The Morgan fingerprint density at radius 1 is 1.23 bits per heavy atom. The minimum atomic E-state index is -0.279. The van der Waals surface area contributed by atoms with E-state index < -0.39 is 0 Å². The second-order valence-electron chi connectivity index (χ2n) is 5.96. The first-order valence-electron chi connectivity index (χ1n) is 7.80. The number of fused-ring (bicyclic) bond motifs is 1. The van der Waals surface area contributed by atoms with Crippen LogP contribution >= 0.6 is 34.5 Å². The van der Waals surface area contributed by atoms with Crippen molar-refractivity contribution < 1.29 is 9.53 Å². The van der Waals surface area contributed by atoms with Crippen LogP contribution in [0.15, 0.2) is 18.2 Å². The normalized spacial score (nSPS) is 11.0. The van der Waals surface area contributed by atoms with Crippen LogP contribution in [0, 0.1) is 20.8 Å². The average Bonchev–Trinajstić information content (AvgIpc) is 2.91. The van der Waals surface area contributed by atoms with Gasteiger partial charge in [-0.1, -0.05) is 34.5 Å². The predicted molar refractivity (Wildman–Crippen MR) is 109 cm³/mol. The van der Waals surface area contributed by atoms with Crippen LogP contribution in [0.3, 0.4) is 0 Å². The number of carbonyl (C=O) groups is 1. The second-order valence-corrected chi connectivity index (χ2v) is 7.84. The van der Waals surface area contributed by atoms with E-state index in [4.69, 9.17) is 33.7 Å². The Hall–Kier alpha value is -2.02. The second kappa shape index (κ2) is 7.31. The van der Waals surface area contributed by atoms with Crippen LogP contribution < -0.4 is 15.8 Å². The maximum absolute atomic E-state index is 12.4. The number of nitrogens with one attached hydrogen (secondary N) is 1. The largest absolute Gasteiger partial charge is 0.482 e. The van der Waals surface area contributed by atoms with Gasteiger partial charge in [-0.05, 0) is 55.7 Å². The lowest BCUT2D eigenvalue weighted by Crippen LogP contribution is -2.21. The monoisotopic (exact) mass is 409 g/mol. The Morgan fingerprint density at radius 3 is 2.65 bits per heavy atom. The molecule has 1 aromatic heterocycles. The molecule has 3 rings (SSSR count). The van der Waals surface area contributed by atoms with Gasteiger partial charge >= 0.3 is 0 Å². The van der Waals surface area contributed by atoms with Crippen molar-refractivity contribution in [2.45, 2.75) is 20.8 Å². The fourth-order valence-corrected chi connectivity index (χ4v) is 4.25. The fourth-order valence-electron chi connectivity index (χ4n) is 2.78. The molecular weight excluding hydrogens is 393 g/mol. The summed E-state index contributed by atoms with van der Waals surface area (Å²) in [5.41, 5.74) is 9.98. The Balaban J connectivity index is 1.78. The molecule has 136 valence electrons. The number of ether oxygens (including phenoxy) is 1. The van der Waals surface area contributed by atoms with Gasteiger partial charge in [-0.15, -0.1) is 0 Å². The van der Waals surface area contributed by atoms with Crippen LogP contribution in [0.25, 0.3) is 10.2 Å². The number of benzene rings is 2. The number of halogens is 2. The summed E-state index contributed by atoms with van der Waals surface area (Å²) < 4.78 is 6.55. The molecule has 0 atom stereocenters. The van der Waals surface area contributed by atoms with Crippen LogP contribution in [0.5, 0.6) is 5.75 Å². The van der Waals surface area contributed by atoms with E-state index in [-0.39, 0.29) is 12.5 Å². The number of hydrogen-bond acceptors (Lipinski definition) is 5. The third kappa shape index (κ3) is 3.72. The zero-order valence-corrected chi connectivity index (χ0v) is 16.8. The number of rotatable bonds is 4. The highest BCUT2D eigenvalue weighted by molar-refractivity contribution is 7.22. The van der Waals surface area contributed by atoms with Crippen molar-refractivity contribution in [3.05, 3.63) is 44.9 Å². The molecule has 3 N–H and O–H groups in total. The van der Waals surface area contributed by atoms with Crippen molar-refractivity contribution in [3.63, 3.8) is 0 Å². The summed E-state index contributed by atoms with van der Waals surface area (Å²) in [4.78, 5) is 16.7. The zero-order valence-electron chi connectivity index (χ0n) is 14.4. The molecule has 5 nitrogen and oxygen atoms in total. The molecule has 0 saturated carbocycles. The van der Waals surface area contributed by atoms with Gasteiger partial charge < -0.3 is 15.8 Å². The molecule has 3 aromatic rings. The van der Waals surface area contributed by atoms with Gasteiger partial charge in [0.05, 0.1) is 15.2 Å². The van der Waals surface area contributed by atoms with E-state index in [9.17, 15) is 4.79 Å². The summed E-state index contributed by atoms with van der Waals surface area (Å²) >= 11 is 13.5. The number of nitrogens with zero attached hydrogens (tertiary/aromatic N) is 1. The van der Waals surface area contributed by atoms with Crippen LogP contribution in [0.4, 0.5) is 10.8 Å².